The summed E-state index contributed by atoms with van der Waals surface area (Å²) in [6, 6.07) is 6.31. The Morgan fingerprint density at radius 2 is 2.04 bits per heavy atom. The standard InChI is InChI=1S/C21H31N3O3.HI/c1-4-5-6-11-24(3)20(22-2)23-15-21(9-12-25-13-10-21)17-7-8-18-19(14-17)27-16-26-18;/h4,7-8,14H,1,5-6,9-13,15-16H2,2-3H3,(H,22,23);1H. The molecule has 2 aliphatic heterocycles. The van der Waals surface area contributed by atoms with Crippen LogP contribution in [-0.4, -0.2) is 58.1 Å². The molecule has 7 heteroatoms. The molecule has 0 unspecified atom stereocenters. The molecule has 1 aromatic rings. The van der Waals surface area contributed by atoms with Gasteiger partial charge in [-0.25, -0.2) is 0 Å². The predicted molar refractivity (Wildman–Crippen MR) is 123 cm³/mol. The van der Waals surface area contributed by atoms with Crippen LogP contribution in [-0.2, 0) is 10.2 Å². The summed E-state index contributed by atoms with van der Waals surface area (Å²) in [5.41, 5.74) is 1.27. The van der Waals surface area contributed by atoms with Gasteiger partial charge in [-0.1, -0.05) is 12.1 Å². The monoisotopic (exact) mass is 501 g/mol. The van der Waals surface area contributed by atoms with E-state index in [1.54, 1.807) is 0 Å². The van der Waals surface area contributed by atoms with Crippen molar-refractivity contribution in [3.8, 4) is 11.5 Å². The van der Waals surface area contributed by atoms with Crippen molar-refractivity contribution in [2.45, 2.75) is 31.1 Å². The summed E-state index contributed by atoms with van der Waals surface area (Å²) in [4.78, 5) is 6.64. The van der Waals surface area contributed by atoms with Gasteiger partial charge in [-0.15, -0.1) is 30.6 Å². The minimum atomic E-state index is -0.00285. The molecule has 2 heterocycles. The number of guanidine groups is 1. The van der Waals surface area contributed by atoms with Gasteiger partial charge in [0.15, 0.2) is 17.5 Å². The van der Waals surface area contributed by atoms with Gasteiger partial charge >= 0.3 is 0 Å². The van der Waals surface area contributed by atoms with Crippen LogP contribution in [0.4, 0.5) is 0 Å². The zero-order valence-corrected chi connectivity index (χ0v) is 19.2. The van der Waals surface area contributed by atoms with E-state index in [4.69, 9.17) is 14.2 Å². The number of aliphatic imine (C=N–C) groups is 1. The molecule has 1 N–H and O–H groups in total. The molecule has 0 saturated carbocycles. The van der Waals surface area contributed by atoms with Crippen molar-refractivity contribution in [1.82, 2.24) is 10.2 Å². The molecule has 156 valence electrons. The van der Waals surface area contributed by atoms with E-state index in [0.717, 1.165) is 69.4 Å². The van der Waals surface area contributed by atoms with Crippen LogP contribution in [0.25, 0.3) is 0 Å². The highest BCUT2D eigenvalue weighted by Crippen LogP contribution is 2.40. The molecular weight excluding hydrogens is 469 g/mol. The van der Waals surface area contributed by atoms with E-state index in [0.29, 0.717) is 6.79 Å². The number of rotatable bonds is 7. The maximum absolute atomic E-state index is 5.65. The van der Waals surface area contributed by atoms with Crippen molar-refractivity contribution in [3.05, 3.63) is 36.4 Å². The zero-order chi connectivity index (χ0) is 19.1. The summed E-state index contributed by atoms with van der Waals surface area (Å²) in [5.74, 6) is 2.58. The average molecular weight is 501 g/mol. The summed E-state index contributed by atoms with van der Waals surface area (Å²) in [7, 11) is 3.92. The fourth-order valence-electron chi connectivity index (χ4n) is 3.77. The van der Waals surface area contributed by atoms with Gasteiger partial charge in [-0.05, 0) is 43.4 Å². The Morgan fingerprint density at radius 3 is 2.75 bits per heavy atom. The van der Waals surface area contributed by atoms with E-state index in [1.165, 1.54) is 5.56 Å². The molecule has 2 aliphatic rings. The molecule has 0 radical (unpaired) electrons. The quantitative estimate of drug-likeness (QED) is 0.204. The first-order valence-electron chi connectivity index (χ1n) is 9.69. The molecule has 1 fully saturated rings. The molecule has 6 nitrogen and oxygen atoms in total. The highest BCUT2D eigenvalue weighted by atomic mass is 127. The van der Waals surface area contributed by atoms with Crippen molar-refractivity contribution in [2.75, 3.05) is 47.2 Å². The van der Waals surface area contributed by atoms with Gasteiger partial charge in [0.2, 0.25) is 6.79 Å². The van der Waals surface area contributed by atoms with Crippen molar-refractivity contribution >= 4 is 29.9 Å². The van der Waals surface area contributed by atoms with Gasteiger partial charge in [-0.2, -0.15) is 0 Å². The first-order chi connectivity index (χ1) is 13.2. The van der Waals surface area contributed by atoms with Crippen molar-refractivity contribution in [1.29, 1.82) is 0 Å². The van der Waals surface area contributed by atoms with Crippen LogP contribution >= 0.6 is 24.0 Å². The van der Waals surface area contributed by atoms with E-state index in [1.807, 2.05) is 19.2 Å². The number of ether oxygens (including phenoxy) is 3. The van der Waals surface area contributed by atoms with Crippen LogP contribution in [0.3, 0.4) is 0 Å². The second-order valence-electron chi connectivity index (χ2n) is 7.21. The van der Waals surface area contributed by atoms with Crippen molar-refractivity contribution in [2.24, 2.45) is 4.99 Å². The fourth-order valence-corrected chi connectivity index (χ4v) is 3.77. The summed E-state index contributed by atoms with van der Waals surface area (Å²) in [5, 5.41) is 3.60. The lowest BCUT2D eigenvalue weighted by Gasteiger charge is -2.39. The molecule has 0 amide bonds. The van der Waals surface area contributed by atoms with Crippen LogP contribution in [0.15, 0.2) is 35.8 Å². The Balaban J connectivity index is 0.00000280. The molecular formula is C21H32IN3O3. The lowest BCUT2D eigenvalue weighted by Crippen LogP contribution is -2.48. The normalized spacial score (nSPS) is 17.6. The van der Waals surface area contributed by atoms with E-state index >= 15 is 0 Å². The van der Waals surface area contributed by atoms with Crippen LogP contribution < -0.4 is 14.8 Å². The second kappa shape index (κ2) is 10.9. The highest BCUT2D eigenvalue weighted by Gasteiger charge is 2.36. The number of halogens is 1. The summed E-state index contributed by atoms with van der Waals surface area (Å²) < 4.78 is 16.7. The Morgan fingerprint density at radius 1 is 1.29 bits per heavy atom. The minimum absolute atomic E-state index is 0. The van der Waals surface area contributed by atoms with Gasteiger partial charge in [0, 0.05) is 45.8 Å². The second-order valence-corrected chi connectivity index (χ2v) is 7.21. The van der Waals surface area contributed by atoms with Gasteiger partial charge in [0.05, 0.1) is 0 Å². The predicted octanol–water partition coefficient (Wildman–Crippen LogP) is 3.55. The van der Waals surface area contributed by atoms with Gasteiger partial charge in [0.1, 0.15) is 0 Å². The average Bonchev–Trinajstić information content (AvgIpc) is 3.17. The summed E-state index contributed by atoms with van der Waals surface area (Å²) in [6.07, 6.45) is 5.98. The number of hydrogen-bond acceptors (Lipinski definition) is 4. The van der Waals surface area contributed by atoms with Crippen molar-refractivity contribution in [3.63, 3.8) is 0 Å². The molecule has 3 rings (SSSR count). The zero-order valence-electron chi connectivity index (χ0n) is 16.9. The third kappa shape index (κ3) is 5.31. The largest absolute Gasteiger partial charge is 0.454 e. The molecule has 0 aromatic heterocycles. The molecule has 0 bridgehead atoms. The highest BCUT2D eigenvalue weighted by molar-refractivity contribution is 14.0. The minimum Gasteiger partial charge on any atom is -0.454 e. The van der Waals surface area contributed by atoms with Crippen molar-refractivity contribution < 1.29 is 14.2 Å². The number of benzene rings is 1. The molecule has 1 aromatic carbocycles. The number of hydrogen-bond donors (Lipinski definition) is 1. The van der Waals surface area contributed by atoms with Gasteiger partial charge < -0.3 is 24.4 Å². The molecule has 1 saturated heterocycles. The third-order valence-corrected chi connectivity index (χ3v) is 5.49. The summed E-state index contributed by atoms with van der Waals surface area (Å²) >= 11 is 0. The smallest absolute Gasteiger partial charge is 0.231 e. The van der Waals surface area contributed by atoms with E-state index in [9.17, 15) is 0 Å². The Bertz CT molecular complexity index is 675. The molecule has 0 atom stereocenters. The van der Waals surface area contributed by atoms with E-state index in [2.05, 4.69) is 41.0 Å². The topological polar surface area (TPSA) is 55.3 Å². The molecule has 0 spiro atoms. The maximum atomic E-state index is 5.65. The SMILES string of the molecule is C=CCCCN(C)C(=NC)NCC1(c2ccc3c(c2)OCO3)CCOCC1.I. The number of unbranched alkanes of at least 4 members (excludes halogenated alkanes) is 1. The van der Waals surface area contributed by atoms with Crippen LogP contribution in [0.5, 0.6) is 11.5 Å². The third-order valence-electron chi connectivity index (χ3n) is 5.49. The first kappa shape index (κ1) is 22.8. The van der Waals surface area contributed by atoms with Crippen LogP contribution in [0.2, 0.25) is 0 Å². The Hall–Kier alpha value is -1.48. The first-order valence-corrected chi connectivity index (χ1v) is 9.69. The lowest BCUT2D eigenvalue weighted by molar-refractivity contribution is 0.0511. The Labute approximate surface area is 185 Å². The van der Waals surface area contributed by atoms with E-state index in [-0.39, 0.29) is 29.4 Å². The fraction of sp³-hybridized carbons (Fsp3) is 0.571. The number of allylic oxidation sites excluding steroid dienone is 1. The van der Waals surface area contributed by atoms with Crippen LogP contribution in [0.1, 0.15) is 31.2 Å². The molecule has 0 aliphatic carbocycles. The number of nitrogens with one attached hydrogen (secondary N) is 1. The number of nitrogens with zero attached hydrogens (tertiary/aromatic N) is 2. The molecule has 28 heavy (non-hydrogen) atoms. The van der Waals surface area contributed by atoms with Gasteiger partial charge in [0.25, 0.3) is 0 Å². The van der Waals surface area contributed by atoms with Crippen LogP contribution in [0, 0.1) is 0 Å². The Kier molecular flexibility index (Phi) is 8.88. The lowest BCUT2D eigenvalue weighted by atomic mass is 9.74. The summed E-state index contributed by atoms with van der Waals surface area (Å²) in [6.45, 7) is 7.39. The van der Waals surface area contributed by atoms with E-state index < -0.39 is 0 Å². The number of fused-ring (bicyclic) bond motifs is 1. The van der Waals surface area contributed by atoms with Gasteiger partial charge in [-0.3, -0.25) is 4.99 Å². The maximum Gasteiger partial charge on any atom is 0.231 e.